The number of nitrogens with zero attached hydrogens (tertiary/aromatic N) is 1. The van der Waals surface area contributed by atoms with Gasteiger partial charge in [-0.2, -0.15) is 0 Å². The highest BCUT2D eigenvalue weighted by atomic mass is 16.5. The number of ether oxygens (including phenoxy) is 3. The Labute approximate surface area is 199 Å². The van der Waals surface area contributed by atoms with E-state index in [1.165, 1.54) is 7.11 Å². The van der Waals surface area contributed by atoms with E-state index in [-0.39, 0.29) is 24.5 Å². The Morgan fingerprint density at radius 1 is 1.03 bits per heavy atom. The van der Waals surface area contributed by atoms with Crippen LogP contribution in [-0.2, 0) is 11.3 Å². The van der Waals surface area contributed by atoms with Crippen LogP contribution in [0, 0.1) is 0 Å². The summed E-state index contributed by atoms with van der Waals surface area (Å²) in [7, 11) is 3.07. The quantitative estimate of drug-likeness (QED) is 0.547. The molecule has 1 atom stereocenters. The molecule has 1 unspecified atom stereocenters. The van der Waals surface area contributed by atoms with Gasteiger partial charge >= 0.3 is 0 Å². The molecule has 3 aromatic carbocycles. The molecule has 0 spiro atoms. The number of anilines is 1. The smallest absolute Gasteiger partial charge is 0.261 e. The number of hydrogen-bond acceptors (Lipinski definition) is 5. The first-order valence-electron chi connectivity index (χ1n) is 11.2. The van der Waals surface area contributed by atoms with Crippen LogP contribution in [0.15, 0.2) is 66.7 Å². The summed E-state index contributed by atoms with van der Waals surface area (Å²) in [5, 5.41) is 2.92. The molecule has 176 valence electrons. The van der Waals surface area contributed by atoms with Crippen molar-refractivity contribution < 1.29 is 23.8 Å². The lowest BCUT2D eigenvalue weighted by Crippen LogP contribution is -2.35. The molecule has 3 aromatic rings. The van der Waals surface area contributed by atoms with E-state index in [1.807, 2.05) is 41.3 Å². The number of rotatable bonds is 7. The number of hydrogen-bond donors (Lipinski definition) is 1. The van der Waals surface area contributed by atoms with Gasteiger partial charge in [0.25, 0.3) is 11.8 Å². The molecule has 2 amide bonds. The molecule has 0 aliphatic carbocycles. The summed E-state index contributed by atoms with van der Waals surface area (Å²) in [6.07, 6.45) is 0.779. The molecule has 0 fully saturated rings. The second-order valence-electron chi connectivity index (χ2n) is 7.99. The van der Waals surface area contributed by atoms with Crippen LogP contribution in [-0.4, -0.2) is 37.5 Å². The van der Waals surface area contributed by atoms with E-state index in [9.17, 15) is 9.59 Å². The maximum Gasteiger partial charge on any atom is 0.261 e. The highest BCUT2D eigenvalue weighted by molar-refractivity contribution is 6.04. The third-order valence-corrected chi connectivity index (χ3v) is 5.92. The topological polar surface area (TPSA) is 77.1 Å². The maximum atomic E-state index is 12.9. The van der Waals surface area contributed by atoms with Crippen LogP contribution in [0.4, 0.5) is 5.69 Å². The normalized spacial score (nSPS) is 13.9. The Bertz CT molecular complexity index is 1180. The lowest BCUT2D eigenvalue weighted by molar-refractivity contribution is -0.135. The van der Waals surface area contributed by atoms with Crippen molar-refractivity contribution in [2.45, 2.75) is 25.9 Å². The molecule has 1 heterocycles. The van der Waals surface area contributed by atoms with E-state index in [4.69, 9.17) is 14.2 Å². The van der Waals surface area contributed by atoms with E-state index in [2.05, 4.69) is 12.2 Å². The minimum absolute atomic E-state index is 0.0202. The Balaban J connectivity index is 1.57. The highest BCUT2D eigenvalue weighted by Crippen LogP contribution is 2.33. The van der Waals surface area contributed by atoms with Crippen molar-refractivity contribution >= 4 is 17.5 Å². The first kappa shape index (κ1) is 23.2. The molecule has 0 radical (unpaired) electrons. The number of amides is 2. The molecular formula is C27H28N2O5. The van der Waals surface area contributed by atoms with Gasteiger partial charge in [0, 0.05) is 16.8 Å². The average molecular weight is 461 g/mol. The summed E-state index contributed by atoms with van der Waals surface area (Å²) in [4.78, 5) is 27.6. The zero-order chi connectivity index (χ0) is 24.1. The molecule has 0 bridgehead atoms. The van der Waals surface area contributed by atoms with Gasteiger partial charge in [0.05, 0.1) is 26.8 Å². The van der Waals surface area contributed by atoms with E-state index in [0.717, 1.165) is 17.5 Å². The minimum atomic E-state index is -0.279. The van der Waals surface area contributed by atoms with E-state index >= 15 is 0 Å². The van der Waals surface area contributed by atoms with Crippen molar-refractivity contribution in [3.8, 4) is 17.2 Å². The van der Waals surface area contributed by atoms with Crippen molar-refractivity contribution in [2.75, 3.05) is 26.1 Å². The molecule has 1 aliphatic heterocycles. The number of benzene rings is 3. The SMILES string of the molecule is CCC(c1ccccc1)N1Cc2cc(NC(=O)c3ccc(OC)c(OC)c3)ccc2OCC1=O. The van der Waals surface area contributed by atoms with Crippen molar-refractivity contribution in [1.29, 1.82) is 0 Å². The Kier molecular flexibility index (Phi) is 7.01. The minimum Gasteiger partial charge on any atom is -0.493 e. The van der Waals surface area contributed by atoms with Crippen molar-refractivity contribution in [3.05, 3.63) is 83.4 Å². The number of carbonyl (C=O) groups is 2. The van der Waals surface area contributed by atoms with Crippen LogP contribution in [0.1, 0.15) is 40.9 Å². The first-order valence-corrected chi connectivity index (χ1v) is 11.2. The largest absolute Gasteiger partial charge is 0.493 e. The monoisotopic (exact) mass is 460 g/mol. The van der Waals surface area contributed by atoms with Gasteiger partial charge in [-0.3, -0.25) is 9.59 Å². The van der Waals surface area contributed by atoms with Gasteiger partial charge in [-0.1, -0.05) is 37.3 Å². The van der Waals surface area contributed by atoms with Crippen molar-refractivity contribution in [3.63, 3.8) is 0 Å². The molecule has 7 heteroatoms. The summed E-state index contributed by atoms with van der Waals surface area (Å²) in [5.74, 6) is 1.32. The Morgan fingerprint density at radius 3 is 2.50 bits per heavy atom. The maximum absolute atomic E-state index is 12.9. The van der Waals surface area contributed by atoms with Crippen molar-refractivity contribution in [1.82, 2.24) is 4.90 Å². The standard InChI is InChI=1S/C27H28N2O5/c1-4-22(18-8-6-5-7-9-18)29-16-20-14-21(11-13-23(20)34-17-26(29)30)28-27(31)19-10-12-24(32-2)25(15-19)33-3/h5-15,22H,4,16-17H2,1-3H3,(H,28,31). The molecule has 7 nitrogen and oxygen atoms in total. The van der Waals surface area contributed by atoms with E-state index in [0.29, 0.717) is 35.0 Å². The fourth-order valence-electron chi connectivity index (χ4n) is 4.19. The van der Waals surface area contributed by atoms with Gasteiger partial charge in [0.2, 0.25) is 0 Å². The fraction of sp³-hybridized carbons (Fsp3) is 0.259. The predicted molar refractivity (Wildman–Crippen MR) is 129 cm³/mol. The number of carbonyl (C=O) groups excluding carboxylic acids is 2. The van der Waals surface area contributed by atoms with E-state index < -0.39 is 0 Å². The second kappa shape index (κ2) is 10.3. The lowest BCUT2D eigenvalue weighted by Gasteiger charge is -2.30. The van der Waals surface area contributed by atoms with Crippen LogP contribution in [0.2, 0.25) is 0 Å². The molecule has 4 rings (SSSR count). The number of fused-ring (bicyclic) bond motifs is 1. The fourth-order valence-corrected chi connectivity index (χ4v) is 4.19. The molecule has 1 N–H and O–H groups in total. The lowest BCUT2D eigenvalue weighted by atomic mass is 10.0. The molecule has 0 saturated heterocycles. The van der Waals surface area contributed by atoms with Gasteiger partial charge in [-0.25, -0.2) is 0 Å². The van der Waals surface area contributed by atoms with E-state index in [1.54, 1.807) is 37.4 Å². The average Bonchev–Trinajstić information content (AvgIpc) is 3.03. The van der Waals surface area contributed by atoms with Crippen molar-refractivity contribution in [2.24, 2.45) is 0 Å². The van der Waals surface area contributed by atoms with Gasteiger partial charge in [-0.15, -0.1) is 0 Å². The Hall–Kier alpha value is -4.00. The first-order chi connectivity index (χ1) is 16.5. The summed E-state index contributed by atoms with van der Waals surface area (Å²) in [6, 6.07) is 20.3. The van der Waals surface area contributed by atoms with Crippen LogP contribution in [0.25, 0.3) is 0 Å². The molecule has 0 aromatic heterocycles. The summed E-state index contributed by atoms with van der Waals surface area (Å²) >= 11 is 0. The second-order valence-corrected chi connectivity index (χ2v) is 7.99. The third kappa shape index (κ3) is 4.83. The van der Waals surface area contributed by atoms with Gasteiger partial charge < -0.3 is 24.4 Å². The van der Waals surface area contributed by atoms with Crippen LogP contribution < -0.4 is 19.5 Å². The summed E-state index contributed by atoms with van der Waals surface area (Å²) in [5.41, 5.74) is 2.98. The predicted octanol–water partition coefficient (Wildman–Crippen LogP) is 4.83. The van der Waals surface area contributed by atoms with Gasteiger partial charge in [0.1, 0.15) is 5.75 Å². The zero-order valence-corrected chi connectivity index (χ0v) is 19.5. The number of nitrogens with one attached hydrogen (secondary N) is 1. The van der Waals surface area contributed by atoms with Gasteiger partial charge in [-0.05, 0) is 48.4 Å². The highest BCUT2D eigenvalue weighted by Gasteiger charge is 2.28. The van der Waals surface area contributed by atoms with Crippen LogP contribution >= 0.6 is 0 Å². The molecule has 1 aliphatic rings. The molecule has 0 saturated carbocycles. The molecule has 34 heavy (non-hydrogen) atoms. The number of methoxy groups -OCH3 is 2. The third-order valence-electron chi connectivity index (χ3n) is 5.92. The van der Waals surface area contributed by atoms with Crippen LogP contribution in [0.5, 0.6) is 17.2 Å². The van der Waals surface area contributed by atoms with Gasteiger partial charge in [0.15, 0.2) is 18.1 Å². The zero-order valence-electron chi connectivity index (χ0n) is 19.5. The summed E-state index contributed by atoms with van der Waals surface area (Å²) < 4.78 is 16.3. The molecular weight excluding hydrogens is 432 g/mol. The van der Waals surface area contributed by atoms with Crippen LogP contribution in [0.3, 0.4) is 0 Å². The summed E-state index contributed by atoms with van der Waals surface area (Å²) in [6.45, 7) is 2.44. The Morgan fingerprint density at radius 2 is 1.79 bits per heavy atom.